The Morgan fingerprint density at radius 1 is 0.821 bits per heavy atom. The minimum absolute atomic E-state index is 0.119. The van der Waals surface area contributed by atoms with Crippen molar-refractivity contribution in [2.45, 2.75) is 63.7 Å². The molecule has 0 aromatic heterocycles. The van der Waals surface area contributed by atoms with Gasteiger partial charge in [0.2, 0.25) is 17.7 Å². The fraction of sp³-hybridized carbons (Fsp3) is 0.378. The van der Waals surface area contributed by atoms with Crippen molar-refractivity contribution in [3.63, 3.8) is 0 Å². The third-order valence-electron chi connectivity index (χ3n) is 12.6. The Morgan fingerprint density at radius 3 is 2.21 bits per heavy atom. The lowest BCUT2D eigenvalue weighted by Crippen LogP contribution is -2.61. The SMILES string of the molecule is O=C1CCC(N2Cc3cc4c(cc3C2=O)CN(C(=O)CN2CCC3(CC2)CN(c2ccc([C@H]5CCOc6cc(O)ccc65)cc2)C3)C4)C(=O)N1.c1ccccc1. The maximum Gasteiger partial charge on any atom is 0.255 e. The van der Waals surface area contributed by atoms with E-state index < -0.39 is 11.9 Å². The molecule has 6 aliphatic heterocycles. The predicted octanol–water partition coefficient (Wildman–Crippen LogP) is 5.20. The van der Waals surface area contributed by atoms with E-state index in [1.165, 1.54) is 11.3 Å². The summed E-state index contributed by atoms with van der Waals surface area (Å²) in [5.41, 5.74) is 7.49. The molecule has 4 aromatic rings. The Bertz CT molecular complexity index is 2130. The Balaban J connectivity index is 0.000000626. The zero-order chi connectivity index (χ0) is 38.4. The van der Waals surface area contributed by atoms with E-state index in [0.717, 1.165) is 73.4 Å². The molecular formula is C45H47N5O6. The number of likely N-dealkylation sites (tertiary alicyclic amines) is 1. The van der Waals surface area contributed by atoms with Gasteiger partial charge in [-0.05, 0) is 85.3 Å². The van der Waals surface area contributed by atoms with Crippen LogP contribution in [-0.2, 0) is 34.0 Å². The minimum Gasteiger partial charge on any atom is -0.508 e. The van der Waals surface area contributed by atoms with Gasteiger partial charge in [-0.3, -0.25) is 29.4 Å². The second-order valence-electron chi connectivity index (χ2n) is 16.2. The first-order chi connectivity index (χ1) is 27.2. The Morgan fingerprint density at radius 2 is 1.52 bits per heavy atom. The van der Waals surface area contributed by atoms with Crippen LogP contribution in [-0.4, -0.2) is 88.8 Å². The van der Waals surface area contributed by atoms with Gasteiger partial charge in [0.05, 0.1) is 13.2 Å². The fourth-order valence-corrected chi connectivity index (χ4v) is 9.42. The molecule has 10 rings (SSSR count). The number of ether oxygens (including phenoxy) is 1. The molecule has 0 radical (unpaired) electrons. The molecule has 0 saturated carbocycles. The van der Waals surface area contributed by atoms with Crippen molar-refractivity contribution in [3.05, 3.63) is 124 Å². The number of aromatic hydroxyl groups is 1. The van der Waals surface area contributed by atoms with Crippen LogP contribution in [0, 0.1) is 5.41 Å². The summed E-state index contributed by atoms with van der Waals surface area (Å²) in [7, 11) is 0. The van der Waals surface area contributed by atoms with Crippen LogP contribution in [0.1, 0.15) is 76.2 Å². The third kappa shape index (κ3) is 7.00. The third-order valence-corrected chi connectivity index (χ3v) is 12.6. The lowest BCUT2D eigenvalue weighted by molar-refractivity contribution is -0.137. The predicted molar refractivity (Wildman–Crippen MR) is 210 cm³/mol. The molecule has 2 N–H and O–H groups in total. The van der Waals surface area contributed by atoms with E-state index >= 15 is 0 Å². The molecule has 3 fully saturated rings. The van der Waals surface area contributed by atoms with Gasteiger partial charge in [0.15, 0.2) is 0 Å². The van der Waals surface area contributed by atoms with Crippen LogP contribution < -0.4 is 15.0 Å². The van der Waals surface area contributed by atoms with Crippen LogP contribution in [0.5, 0.6) is 11.5 Å². The van der Waals surface area contributed by atoms with Gasteiger partial charge in [0, 0.05) is 73.4 Å². The summed E-state index contributed by atoms with van der Waals surface area (Å²) in [5.74, 6) is 0.507. The van der Waals surface area contributed by atoms with Gasteiger partial charge in [0.1, 0.15) is 17.5 Å². The molecule has 6 aliphatic rings. The molecule has 3 saturated heterocycles. The molecule has 1 unspecified atom stereocenters. The maximum atomic E-state index is 13.4. The van der Waals surface area contributed by atoms with E-state index in [0.29, 0.717) is 50.2 Å². The number of phenols is 1. The van der Waals surface area contributed by atoms with Gasteiger partial charge in [-0.15, -0.1) is 0 Å². The number of carbonyl (C=O) groups excluding carboxylic acids is 4. The summed E-state index contributed by atoms with van der Waals surface area (Å²) in [6, 6.07) is 29.7. The number of piperidine rings is 2. The topological polar surface area (TPSA) is 123 Å². The number of nitrogens with zero attached hydrogens (tertiary/aromatic N) is 4. The van der Waals surface area contributed by atoms with Crippen molar-refractivity contribution in [1.29, 1.82) is 0 Å². The number of phenolic OH excluding ortho intramolecular Hbond substituents is 1. The molecule has 1 spiro atoms. The smallest absolute Gasteiger partial charge is 0.255 e. The number of hydrogen-bond acceptors (Lipinski definition) is 8. The van der Waals surface area contributed by atoms with E-state index in [4.69, 9.17) is 4.74 Å². The Hall–Kier alpha value is -5.68. The van der Waals surface area contributed by atoms with Crippen LogP contribution >= 0.6 is 0 Å². The standard InChI is InChI=1S/C39H41N5O6.C6H6/c45-29-5-6-31-30(9-14-50-34(31)17-29)24-1-3-28(4-2-24)43-22-39(23-43)10-12-41(13-11-39)21-36(47)42-18-25-15-27-20-44(33-7-8-35(46)40-37(33)48)38(49)32(27)16-26(25)19-42;1-2-4-6-5-3-1/h1-6,15-17,30,33,45H,7-14,18-23H2,(H,40,46,48);1-6H/t30-,33?;/m1./s1. The first-order valence-electron chi connectivity index (χ1n) is 19.8. The molecule has 4 aromatic carbocycles. The van der Waals surface area contributed by atoms with Gasteiger partial charge in [-0.2, -0.15) is 0 Å². The van der Waals surface area contributed by atoms with E-state index in [-0.39, 0.29) is 35.8 Å². The second kappa shape index (κ2) is 14.8. The molecule has 11 heteroatoms. The zero-order valence-electron chi connectivity index (χ0n) is 31.5. The summed E-state index contributed by atoms with van der Waals surface area (Å²) in [5, 5.41) is 12.2. The first-order valence-corrected chi connectivity index (χ1v) is 19.8. The van der Waals surface area contributed by atoms with Crippen LogP contribution in [0.25, 0.3) is 0 Å². The number of fused-ring (bicyclic) bond motifs is 3. The normalized spacial score (nSPS) is 22.3. The number of carbonyl (C=O) groups is 4. The molecule has 4 amide bonds. The van der Waals surface area contributed by atoms with Crippen molar-refractivity contribution in [3.8, 4) is 11.5 Å². The van der Waals surface area contributed by atoms with Crippen molar-refractivity contribution < 1.29 is 29.0 Å². The Kier molecular flexibility index (Phi) is 9.49. The van der Waals surface area contributed by atoms with Gasteiger partial charge < -0.3 is 24.5 Å². The monoisotopic (exact) mass is 753 g/mol. The fourth-order valence-electron chi connectivity index (χ4n) is 9.42. The lowest BCUT2D eigenvalue weighted by Gasteiger charge is -2.55. The average Bonchev–Trinajstić information content (AvgIpc) is 3.77. The molecular weight excluding hydrogens is 707 g/mol. The van der Waals surface area contributed by atoms with E-state index in [9.17, 15) is 24.3 Å². The van der Waals surface area contributed by atoms with Gasteiger partial charge in [0.25, 0.3) is 5.91 Å². The molecule has 6 heterocycles. The average molecular weight is 754 g/mol. The van der Waals surface area contributed by atoms with Crippen molar-refractivity contribution in [2.24, 2.45) is 5.41 Å². The second-order valence-corrected chi connectivity index (χ2v) is 16.2. The number of nitrogens with one attached hydrogen (secondary N) is 1. The summed E-state index contributed by atoms with van der Waals surface area (Å²) >= 11 is 0. The molecule has 2 atom stereocenters. The molecule has 56 heavy (non-hydrogen) atoms. The van der Waals surface area contributed by atoms with Crippen molar-refractivity contribution in [2.75, 3.05) is 44.2 Å². The molecule has 0 bridgehead atoms. The number of hydrogen-bond donors (Lipinski definition) is 2. The van der Waals surface area contributed by atoms with E-state index in [1.54, 1.807) is 17.0 Å². The van der Waals surface area contributed by atoms with Crippen LogP contribution in [0.4, 0.5) is 5.69 Å². The highest BCUT2D eigenvalue weighted by Gasteiger charge is 2.45. The number of benzene rings is 4. The number of anilines is 1. The highest BCUT2D eigenvalue weighted by Crippen LogP contribution is 2.44. The molecule has 288 valence electrons. The highest BCUT2D eigenvalue weighted by molar-refractivity contribution is 6.05. The molecule has 0 aliphatic carbocycles. The van der Waals surface area contributed by atoms with Crippen molar-refractivity contribution >= 4 is 29.3 Å². The minimum atomic E-state index is -0.627. The van der Waals surface area contributed by atoms with Crippen molar-refractivity contribution in [1.82, 2.24) is 20.0 Å². The van der Waals surface area contributed by atoms with Crippen LogP contribution in [0.15, 0.2) is 91.0 Å². The summed E-state index contributed by atoms with van der Waals surface area (Å²) in [6.07, 6.45) is 3.66. The van der Waals surface area contributed by atoms with Crippen LogP contribution in [0.2, 0.25) is 0 Å². The van der Waals surface area contributed by atoms with E-state index in [1.807, 2.05) is 59.5 Å². The summed E-state index contributed by atoms with van der Waals surface area (Å²) < 4.78 is 5.80. The lowest BCUT2D eigenvalue weighted by atomic mass is 9.71. The van der Waals surface area contributed by atoms with Crippen LogP contribution in [0.3, 0.4) is 0 Å². The number of imide groups is 1. The number of rotatable bonds is 5. The van der Waals surface area contributed by atoms with Gasteiger partial charge in [-0.1, -0.05) is 60.7 Å². The summed E-state index contributed by atoms with van der Waals surface area (Å²) in [6.45, 7) is 6.33. The quantitative estimate of drug-likeness (QED) is 0.267. The van der Waals surface area contributed by atoms with Gasteiger partial charge in [-0.25, -0.2) is 0 Å². The zero-order valence-corrected chi connectivity index (χ0v) is 31.5. The number of amides is 4. The Labute approximate surface area is 326 Å². The first kappa shape index (κ1) is 36.0. The largest absolute Gasteiger partial charge is 0.508 e. The van der Waals surface area contributed by atoms with E-state index in [2.05, 4.69) is 39.4 Å². The molecule has 11 nitrogen and oxygen atoms in total. The maximum absolute atomic E-state index is 13.4. The van der Waals surface area contributed by atoms with Gasteiger partial charge >= 0.3 is 0 Å². The summed E-state index contributed by atoms with van der Waals surface area (Å²) in [4.78, 5) is 58.9. The highest BCUT2D eigenvalue weighted by atomic mass is 16.5.